The van der Waals surface area contributed by atoms with Gasteiger partial charge in [0.05, 0.1) is 0 Å². The van der Waals surface area contributed by atoms with Gasteiger partial charge in [0.25, 0.3) is 0 Å². The summed E-state index contributed by atoms with van der Waals surface area (Å²) in [6, 6.07) is 8.10. The smallest absolute Gasteiger partial charge is 0.226 e. The molecule has 0 bridgehead atoms. The molecule has 0 fully saturated rings. The SMILES string of the molecule is CCCN(C(=O)CC)c1cccc(C)c1. The zero-order chi connectivity index (χ0) is 11.3. The maximum Gasteiger partial charge on any atom is 0.226 e. The number of nitrogens with zero attached hydrogens (tertiary/aromatic N) is 1. The molecule has 1 aromatic rings. The molecule has 0 saturated heterocycles. The number of hydrogen-bond donors (Lipinski definition) is 0. The minimum Gasteiger partial charge on any atom is -0.312 e. The van der Waals surface area contributed by atoms with E-state index in [-0.39, 0.29) is 5.91 Å². The lowest BCUT2D eigenvalue weighted by molar-refractivity contribution is -0.118. The van der Waals surface area contributed by atoms with E-state index in [1.807, 2.05) is 36.9 Å². The van der Waals surface area contributed by atoms with Crippen molar-refractivity contribution in [3.8, 4) is 0 Å². The van der Waals surface area contributed by atoms with Crippen molar-refractivity contribution in [3.63, 3.8) is 0 Å². The largest absolute Gasteiger partial charge is 0.312 e. The number of amides is 1. The summed E-state index contributed by atoms with van der Waals surface area (Å²) in [4.78, 5) is 13.6. The Balaban J connectivity index is 2.93. The molecule has 0 N–H and O–H groups in total. The van der Waals surface area contributed by atoms with Gasteiger partial charge in [-0.2, -0.15) is 0 Å². The van der Waals surface area contributed by atoms with Crippen LogP contribution in [0.5, 0.6) is 0 Å². The minimum atomic E-state index is 0.197. The fourth-order valence-electron chi connectivity index (χ4n) is 1.61. The first-order chi connectivity index (χ1) is 7.19. The minimum absolute atomic E-state index is 0.197. The number of aryl methyl sites for hydroxylation is 1. The summed E-state index contributed by atoms with van der Waals surface area (Å²) in [5.41, 5.74) is 2.21. The number of rotatable bonds is 4. The van der Waals surface area contributed by atoms with Crippen LogP contribution < -0.4 is 4.90 Å². The van der Waals surface area contributed by atoms with E-state index in [1.54, 1.807) is 0 Å². The van der Waals surface area contributed by atoms with Gasteiger partial charge < -0.3 is 4.90 Å². The van der Waals surface area contributed by atoms with E-state index in [1.165, 1.54) is 5.56 Å². The van der Waals surface area contributed by atoms with Crippen LogP contribution in [0.1, 0.15) is 32.3 Å². The molecule has 0 radical (unpaired) electrons. The number of anilines is 1. The standard InChI is InChI=1S/C13H19NO/c1-4-9-14(13(15)5-2)12-8-6-7-11(3)10-12/h6-8,10H,4-5,9H2,1-3H3. The van der Waals surface area contributed by atoms with Crippen molar-refractivity contribution in [1.82, 2.24) is 0 Å². The molecule has 0 aliphatic heterocycles. The van der Waals surface area contributed by atoms with Crippen LogP contribution in [0.2, 0.25) is 0 Å². The van der Waals surface area contributed by atoms with Gasteiger partial charge in [-0.3, -0.25) is 4.79 Å². The number of carbonyl (C=O) groups excluding carboxylic acids is 1. The number of hydrogen-bond acceptors (Lipinski definition) is 1. The zero-order valence-corrected chi connectivity index (χ0v) is 9.79. The van der Waals surface area contributed by atoms with Gasteiger partial charge in [-0.05, 0) is 31.0 Å². The highest BCUT2D eigenvalue weighted by Gasteiger charge is 2.12. The molecule has 1 aromatic carbocycles. The molecule has 82 valence electrons. The van der Waals surface area contributed by atoms with Gasteiger partial charge in [-0.15, -0.1) is 0 Å². The second kappa shape index (κ2) is 5.54. The summed E-state index contributed by atoms with van der Waals surface area (Å²) in [6.45, 7) is 6.84. The predicted octanol–water partition coefficient (Wildman–Crippen LogP) is 3.15. The van der Waals surface area contributed by atoms with E-state index >= 15 is 0 Å². The van der Waals surface area contributed by atoms with Crippen LogP contribution in [0.3, 0.4) is 0 Å². The van der Waals surface area contributed by atoms with Crippen molar-refractivity contribution in [2.75, 3.05) is 11.4 Å². The highest BCUT2D eigenvalue weighted by molar-refractivity contribution is 5.93. The third-order valence-electron chi connectivity index (χ3n) is 2.36. The van der Waals surface area contributed by atoms with Gasteiger partial charge in [-0.25, -0.2) is 0 Å². The maximum atomic E-state index is 11.7. The van der Waals surface area contributed by atoms with Crippen LogP contribution in [0.25, 0.3) is 0 Å². The summed E-state index contributed by atoms with van der Waals surface area (Å²) in [5, 5.41) is 0. The quantitative estimate of drug-likeness (QED) is 0.739. The highest BCUT2D eigenvalue weighted by Crippen LogP contribution is 2.17. The zero-order valence-electron chi connectivity index (χ0n) is 9.79. The van der Waals surface area contributed by atoms with Gasteiger partial charge in [0.2, 0.25) is 5.91 Å². The third kappa shape index (κ3) is 3.08. The summed E-state index contributed by atoms with van der Waals surface area (Å²) in [6.07, 6.45) is 1.55. The van der Waals surface area contributed by atoms with E-state index in [4.69, 9.17) is 0 Å². The molecule has 0 aliphatic rings. The number of benzene rings is 1. The van der Waals surface area contributed by atoms with Crippen LogP contribution in [-0.4, -0.2) is 12.5 Å². The molecule has 1 rings (SSSR count). The van der Waals surface area contributed by atoms with Crippen molar-refractivity contribution in [3.05, 3.63) is 29.8 Å². The molecule has 0 aromatic heterocycles. The Kier molecular flexibility index (Phi) is 4.35. The maximum absolute atomic E-state index is 11.7. The molecular weight excluding hydrogens is 186 g/mol. The molecule has 2 heteroatoms. The Hall–Kier alpha value is -1.31. The monoisotopic (exact) mass is 205 g/mol. The lowest BCUT2D eigenvalue weighted by atomic mass is 10.2. The van der Waals surface area contributed by atoms with Crippen molar-refractivity contribution >= 4 is 11.6 Å². The molecule has 0 aliphatic carbocycles. The van der Waals surface area contributed by atoms with E-state index < -0.39 is 0 Å². The molecule has 0 unspecified atom stereocenters. The molecule has 2 nitrogen and oxygen atoms in total. The summed E-state index contributed by atoms with van der Waals surface area (Å²) < 4.78 is 0. The third-order valence-corrected chi connectivity index (χ3v) is 2.36. The van der Waals surface area contributed by atoms with Crippen LogP contribution in [0.15, 0.2) is 24.3 Å². The fourth-order valence-corrected chi connectivity index (χ4v) is 1.61. The van der Waals surface area contributed by atoms with Crippen molar-refractivity contribution in [2.24, 2.45) is 0 Å². The lowest BCUT2D eigenvalue weighted by Crippen LogP contribution is -2.30. The van der Waals surface area contributed by atoms with Crippen LogP contribution in [0, 0.1) is 6.92 Å². The van der Waals surface area contributed by atoms with E-state index in [0.29, 0.717) is 6.42 Å². The predicted molar refractivity (Wildman–Crippen MR) is 64.1 cm³/mol. The van der Waals surface area contributed by atoms with Gasteiger partial charge >= 0.3 is 0 Å². The molecule has 0 heterocycles. The average molecular weight is 205 g/mol. The summed E-state index contributed by atoms with van der Waals surface area (Å²) >= 11 is 0. The van der Waals surface area contributed by atoms with Crippen LogP contribution >= 0.6 is 0 Å². The molecule has 0 atom stereocenters. The molecule has 0 spiro atoms. The Bertz CT molecular complexity index is 333. The Morgan fingerprint density at radius 3 is 2.60 bits per heavy atom. The molecule has 1 amide bonds. The Morgan fingerprint density at radius 2 is 2.07 bits per heavy atom. The van der Waals surface area contributed by atoms with Crippen molar-refractivity contribution in [1.29, 1.82) is 0 Å². The Morgan fingerprint density at radius 1 is 1.33 bits per heavy atom. The topological polar surface area (TPSA) is 20.3 Å². The second-order valence-electron chi connectivity index (χ2n) is 3.74. The summed E-state index contributed by atoms with van der Waals surface area (Å²) in [5.74, 6) is 0.197. The molecular formula is C13H19NO. The first-order valence-corrected chi connectivity index (χ1v) is 5.56. The van der Waals surface area contributed by atoms with E-state index in [2.05, 4.69) is 13.0 Å². The lowest BCUT2D eigenvalue weighted by Gasteiger charge is -2.22. The van der Waals surface area contributed by atoms with Gasteiger partial charge in [0.1, 0.15) is 0 Å². The number of carbonyl (C=O) groups is 1. The average Bonchev–Trinajstić information content (AvgIpc) is 2.25. The normalized spacial score (nSPS) is 10.1. The van der Waals surface area contributed by atoms with Gasteiger partial charge in [0.15, 0.2) is 0 Å². The first kappa shape index (κ1) is 11.8. The molecule has 0 saturated carbocycles. The van der Waals surface area contributed by atoms with Crippen molar-refractivity contribution in [2.45, 2.75) is 33.6 Å². The van der Waals surface area contributed by atoms with Gasteiger partial charge in [-0.1, -0.05) is 26.0 Å². The van der Waals surface area contributed by atoms with Crippen LogP contribution in [-0.2, 0) is 4.79 Å². The van der Waals surface area contributed by atoms with Crippen LogP contribution in [0.4, 0.5) is 5.69 Å². The van der Waals surface area contributed by atoms with Gasteiger partial charge in [0, 0.05) is 18.7 Å². The van der Waals surface area contributed by atoms with Crippen molar-refractivity contribution < 1.29 is 4.79 Å². The molecule has 15 heavy (non-hydrogen) atoms. The first-order valence-electron chi connectivity index (χ1n) is 5.56. The fraction of sp³-hybridized carbons (Fsp3) is 0.462. The van der Waals surface area contributed by atoms with E-state index in [0.717, 1.165) is 18.7 Å². The Labute approximate surface area is 91.9 Å². The summed E-state index contributed by atoms with van der Waals surface area (Å²) in [7, 11) is 0. The van der Waals surface area contributed by atoms with E-state index in [9.17, 15) is 4.79 Å². The highest BCUT2D eigenvalue weighted by atomic mass is 16.2. The second-order valence-corrected chi connectivity index (χ2v) is 3.74.